The fourth-order valence-electron chi connectivity index (χ4n) is 2.27. The van der Waals surface area contributed by atoms with Crippen molar-refractivity contribution < 1.29 is 18.7 Å². The number of nitrogens with one attached hydrogen (secondary N) is 1. The van der Waals surface area contributed by atoms with Crippen LogP contribution in [0.4, 0.5) is 4.39 Å². The minimum Gasteiger partial charge on any atom is -0.455 e. The summed E-state index contributed by atoms with van der Waals surface area (Å²) in [5.41, 5.74) is 3.24. The van der Waals surface area contributed by atoms with Gasteiger partial charge in [0, 0.05) is 24.8 Å². The number of amides is 1. The highest BCUT2D eigenvalue weighted by Crippen LogP contribution is 2.13. The molecule has 2 rings (SSSR count). The molecule has 0 aliphatic heterocycles. The SMILES string of the molecule is Cc1nn(C)c(C)c1CC(=O)OCC(=O)NCc1ccc(F)cc1. The number of carbonyl (C=O) groups is 2. The Labute approximate surface area is 139 Å². The van der Waals surface area contributed by atoms with Crippen LogP contribution in [0.2, 0.25) is 0 Å². The van der Waals surface area contributed by atoms with Gasteiger partial charge in [-0.1, -0.05) is 12.1 Å². The number of hydrogen-bond acceptors (Lipinski definition) is 4. The fraction of sp³-hybridized carbons (Fsp3) is 0.353. The molecule has 0 bridgehead atoms. The van der Waals surface area contributed by atoms with Crippen molar-refractivity contribution in [3.05, 3.63) is 52.6 Å². The Hall–Kier alpha value is -2.70. The third-order valence-corrected chi connectivity index (χ3v) is 3.75. The molecule has 24 heavy (non-hydrogen) atoms. The minimum absolute atomic E-state index is 0.0801. The highest BCUT2D eigenvalue weighted by atomic mass is 19.1. The lowest BCUT2D eigenvalue weighted by molar-refractivity contribution is -0.147. The van der Waals surface area contributed by atoms with E-state index in [-0.39, 0.29) is 25.4 Å². The highest BCUT2D eigenvalue weighted by molar-refractivity contribution is 5.81. The molecule has 7 heteroatoms. The van der Waals surface area contributed by atoms with Gasteiger partial charge in [-0.15, -0.1) is 0 Å². The van der Waals surface area contributed by atoms with E-state index in [9.17, 15) is 14.0 Å². The molecule has 0 radical (unpaired) electrons. The molecule has 0 fully saturated rings. The second-order valence-electron chi connectivity index (χ2n) is 5.51. The van der Waals surface area contributed by atoms with Crippen LogP contribution in [0.1, 0.15) is 22.5 Å². The largest absolute Gasteiger partial charge is 0.455 e. The standard InChI is InChI=1S/C17H20FN3O3/c1-11-15(12(2)21(3)20-11)8-17(23)24-10-16(22)19-9-13-4-6-14(18)7-5-13/h4-7H,8-10H2,1-3H3,(H,19,22). The van der Waals surface area contributed by atoms with Crippen LogP contribution in [-0.4, -0.2) is 28.3 Å². The zero-order valence-electron chi connectivity index (χ0n) is 13.9. The van der Waals surface area contributed by atoms with Crippen LogP contribution in [-0.2, 0) is 34.3 Å². The van der Waals surface area contributed by atoms with Crippen molar-refractivity contribution in [1.29, 1.82) is 0 Å². The molecule has 0 atom stereocenters. The lowest BCUT2D eigenvalue weighted by Gasteiger charge is -2.07. The Balaban J connectivity index is 1.76. The Morgan fingerprint density at radius 3 is 2.50 bits per heavy atom. The van der Waals surface area contributed by atoms with Crippen LogP contribution in [0.15, 0.2) is 24.3 Å². The summed E-state index contributed by atoms with van der Waals surface area (Å²) in [7, 11) is 1.81. The lowest BCUT2D eigenvalue weighted by atomic mass is 10.1. The topological polar surface area (TPSA) is 73.2 Å². The summed E-state index contributed by atoms with van der Waals surface area (Å²) in [6, 6.07) is 5.80. The van der Waals surface area contributed by atoms with Crippen molar-refractivity contribution in [3.8, 4) is 0 Å². The number of benzene rings is 1. The molecule has 1 aromatic heterocycles. The Kier molecular flexibility index (Phi) is 5.68. The van der Waals surface area contributed by atoms with Crippen LogP contribution in [0.5, 0.6) is 0 Å². The summed E-state index contributed by atoms with van der Waals surface area (Å²) >= 11 is 0. The van der Waals surface area contributed by atoms with E-state index in [1.807, 2.05) is 13.8 Å². The quantitative estimate of drug-likeness (QED) is 0.815. The van der Waals surface area contributed by atoms with Gasteiger partial charge in [0.25, 0.3) is 5.91 Å². The van der Waals surface area contributed by atoms with Crippen LogP contribution >= 0.6 is 0 Å². The zero-order valence-corrected chi connectivity index (χ0v) is 13.9. The molecule has 0 aliphatic carbocycles. The maximum atomic E-state index is 12.8. The Morgan fingerprint density at radius 1 is 1.25 bits per heavy atom. The average molecular weight is 333 g/mol. The van der Waals surface area contributed by atoms with Crippen LogP contribution in [0.3, 0.4) is 0 Å². The number of rotatable bonds is 6. The van der Waals surface area contributed by atoms with Gasteiger partial charge in [-0.05, 0) is 31.5 Å². The number of carbonyl (C=O) groups excluding carboxylic acids is 2. The number of ether oxygens (including phenoxy) is 1. The number of halogens is 1. The minimum atomic E-state index is -0.480. The lowest BCUT2D eigenvalue weighted by Crippen LogP contribution is -2.28. The van der Waals surface area contributed by atoms with Gasteiger partial charge < -0.3 is 10.1 Å². The van der Waals surface area contributed by atoms with Gasteiger partial charge in [-0.2, -0.15) is 5.10 Å². The van der Waals surface area contributed by atoms with Gasteiger partial charge in [0.15, 0.2) is 6.61 Å². The number of nitrogens with zero attached hydrogens (tertiary/aromatic N) is 2. The highest BCUT2D eigenvalue weighted by Gasteiger charge is 2.15. The van der Waals surface area contributed by atoms with Gasteiger partial charge in [-0.3, -0.25) is 14.3 Å². The number of aryl methyl sites for hydroxylation is 2. The summed E-state index contributed by atoms with van der Waals surface area (Å²) in [6.07, 6.45) is 0.0801. The van der Waals surface area contributed by atoms with E-state index in [4.69, 9.17) is 4.74 Å². The maximum Gasteiger partial charge on any atom is 0.310 e. The van der Waals surface area contributed by atoms with E-state index in [0.29, 0.717) is 0 Å². The molecule has 0 aliphatic rings. The second-order valence-corrected chi connectivity index (χ2v) is 5.51. The summed E-state index contributed by atoms with van der Waals surface area (Å²) in [5, 5.41) is 6.84. The van der Waals surface area contributed by atoms with Crippen molar-refractivity contribution >= 4 is 11.9 Å². The summed E-state index contributed by atoms with van der Waals surface area (Å²) < 4.78 is 19.5. The van der Waals surface area contributed by atoms with Crippen molar-refractivity contribution in [3.63, 3.8) is 0 Å². The van der Waals surface area contributed by atoms with Crippen molar-refractivity contribution in [1.82, 2.24) is 15.1 Å². The molecule has 0 spiro atoms. The van der Waals surface area contributed by atoms with Crippen LogP contribution in [0.25, 0.3) is 0 Å². The van der Waals surface area contributed by atoms with Crippen LogP contribution in [0, 0.1) is 19.7 Å². The van der Waals surface area contributed by atoms with Crippen molar-refractivity contribution in [2.75, 3.05) is 6.61 Å². The summed E-state index contributed by atoms with van der Waals surface area (Å²) in [4.78, 5) is 23.6. The molecule has 1 N–H and O–H groups in total. The maximum absolute atomic E-state index is 12.8. The summed E-state index contributed by atoms with van der Waals surface area (Å²) in [5.74, 6) is -1.22. The molecular weight excluding hydrogens is 313 g/mol. The van der Waals surface area contributed by atoms with E-state index in [2.05, 4.69) is 10.4 Å². The van der Waals surface area contributed by atoms with Crippen molar-refractivity contribution in [2.24, 2.45) is 7.05 Å². The number of esters is 1. The Bertz CT molecular complexity index is 738. The van der Waals surface area contributed by atoms with Crippen LogP contribution < -0.4 is 5.32 Å². The normalized spacial score (nSPS) is 10.5. The third kappa shape index (κ3) is 4.65. The monoisotopic (exact) mass is 333 g/mol. The van der Waals surface area contributed by atoms with Gasteiger partial charge in [0.05, 0.1) is 12.1 Å². The summed E-state index contributed by atoms with van der Waals surface area (Å²) in [6.45, 7) is 3.60. The first-order valence-corrected chi connectivity index (χ1v) is 7.52. The molecule has 1 amide bonds. The molecule has 6 nitrogen and oxygen atoms in total. The molecule has 0 saturated carbocycles. The first kappa shape index (κ1) is 17.7. The zero-order chi connectivity index (χ0) is 17.7. The number of aromatic nitrogens is 2. The average Bonchev–Trinajstić information content (AvgIpc) is 2.78. The van der Waals surface area contributed by atoms with Gasteiger partial charge in [0.1, 0.15) is 5.82 Å². The first-order valence-electron chi connectivity index (χ1n) is 7.52. The smallest absolute Gasteiger partial charge is 0.310 e. The first-order chi connectivity index (χ1) is 11.4. The number of hydrogen-bond donors (Lipinski definition) is 1. The third-order valence-electron chi connectivity index (χ3n) is 3.75. The van der Waals surface area contributed by atoms with Gasteiger partial charge in [-0.25, -0.2) is 4.39 Å². The van der Waals surface area contributed by atoms with E-state index in [1.165, 1.54) is 12.1 Å². The molecule has 128 valence electrons. The molecule has 0 saturated heterocycles. The van der Waals surface area contributed by atoms with E-state index in [1.54, 1.807) is 23.9 Å². The molecule has 0 unspecified atom stereocenters. The van der Waals surface area contributed by atoms with E-state index in [0.717, 1.165) is 22.5 Å². The predicted octanol–water partition coefficient (Wildman–Crippen LogP) is 1.58. The fourth-order valence-corrected chi connectivity index (χ4v) is 2.27. The van der Waals surface area contributed by atoms with E-state index < -0.39 is 11.9 Å². The predicted molar refractivity (Wildman–Crippen MR) is 85.6 cm³/mol. The molecule has 1 aromatic carbocycles. The van der Waals surface area contributed by atoms with Gasteiger partial charge in [0.2, 0.25) is 0 Å². The molecular formula is C17H20FN3O3. The molecule has 1 heterocycles. The van der Waals surface area contributed by atoms with Gasteiger partial charge >= 0.3 is 5.97 Å². The second kappa shape index (κ2) is 7.72. The van der Waals surface area contributed by atoms with E-state index >= 15 is 0 Å². The molecule has 2 aromatic rings. The Morgan fingerprint density at radius 2 is 1.92 bits per heavy atom. The van der Waals surface area contributed by atoms with Crippen molar-refractivity contribution in [2.45, 2.75) is 26.8 Å².